The van der Waals surface area contributed by atoms with Gasteiger partial charge in [0.25, 0.3) is 0 Å². The summed E-state index contributed by atoms with van der Waals surface area (Å²) < 4.78 is 37.8. The Morgan fingerprint density at radius 3 is 2.20 bits per heavy atom. The van der Waals surface area contributed by atoms with Gasteiger partial charge in [0.05, 0.1) is 5.56 Å². The molecular weight excluding hydrogens is 328 g/mol. The first kappa shape index (κ1) is 16.7. The van der Waals surface area contributed by atoms with Crippen molar-refractivity contribution in [3.63, 3.8) is 0 Å². The molecule has 0 spiro atoms. The molecule has 4 fully saturated rings. The molecule has 3 heterocycles. The number of nitrogens with one attached hydrogen (secondary N) is 1. The Hall–Kier alpha value is -1.76. The number of hydrogen-bond acceptors (Lipinski definition) is 2. The summed E-state index contributed by atoms with van der Waals surface area (Å²) in [5.74, 6) is 0.957. The van der Waals surface area contributed by atoms with Crippen LogP contribution in [0.4, 0.5) is 18.9 Å². The second-order valence-corrected chi connectivity index (χ2v) is 7.35. The number of anilines is 1. The number of benzene rings is 1. The van der Waals surface area contributed by atoms with Crippen LogP contribution < -0.4 is 5.32 Å². The van der Waals surface area contributed by atoms with E-state index in [-0.39, 0.29) is 5.47 Å². The first-order valence-corrected chi connectivity index (χ1v) is 8.51. The third-order valence-corrected chi connectivity index (χ3v) is 5.61. The standard InChI is InChI=1S/C18H18BF3N2O/c19-16(15-11-5-10-6-12(15)9-24(7-10)8-11)17(25)23-14-3-1-13(2-4-14)18(20,21)22/h1-4,10-12H,5-9H2,(H,23,25). The number of rotatable bonds is 2. The van der Waals surface area contributed by atoms with Gasteiger partial charge < -0.3 is 10.2 Å². The molecule has 3 aliphatic heterocycles. The van der Waals surface area contributed by atoms with Crippen molar-refractivity contribution in [1.29, 1.82) is 0 Å². The highest BCUT2D eigenvalue weighted by molar-refractivity contribution is 6.39. The minimum absolute atomic E-state index is 0.245. The number of nitrogens with zero attached hydrogens (tertiary/aromatic N) is 1. The average Bonchev–Trinajstić information content (AvgIpc) is 2.53. The number of halogens is 3. The fourth-order valence-electron chi connectivity index (χ4n) is 4.71. The van der Waals surface area contributed by atoms with E-state index in [0.717, 1.165) is 50.2 Å². The van der Waals surface area contributed by atoms with Crippen LogP contribution in [0.3, 0.4) is 0 Å². The highest BCUT2D eigenvalue weighted by Gasteiger charge is 2.45. The predicted octanol–water partition coefficient (Wildman–Crippen LogP) is 3.04. The van der Waals surface area contributed by atoms with Gasteiger partial charge in [-0.1, -0.05) is 5.57 Å². The fraction of sp³-hybridized carbons (Fsp3) is 0.500. The first-order chi connectivity index (χ1) is 11.8. The van der Waals surface area contributed by atoms with Crippen LogP contribution in [0.15, 0.2) is 35.3 Å². The first-order valence-electron chi connectivity index (χ1n) is 8.51. The van der Waals surface area contributed by atoms with Gasteiger partial charge in [-0.15, -0.1) is 0 Å². The van der Waals surface area contributed by atoms with E-state index < -0.39 is 17.6 Å². The Kier molecular flexibility index (Phi) is 3.94. The zero-order chi connectivity index (χ0) is 17.8. The fourth-order valence-corrected chi connectivity index (χ4v) is 4.71. The summed E-state index contributed by atoms with van der Waals surface area (Å²) in [6.07, 6.45) is -2.23. The maximum Gasteiger partial charge on any atom is 0.416 e. The van der Waals surface area contributed by atoms with Gasteiger partial charge in [-0.05, 0) is 60.3 Å². The molecule has 3 saturated heterocycles. The lowest BCUT2D eigenvalue weighted by Gasteiger charge is -2.53. The van der Waals surface area contributed by atoms with Crippen LogP contribution >= 0.6 is 0 Å². The molecule has 1 aromatic carbocycles. The quantitative estimate of drug-likeness (QED) is 0.660. The summed E-state index contributed by atoms with van der Waals surface area (Å²) >= 11 is 0. The highest BCUT2D eigenvalue weighted by atomic mass is 19.4. The van der Waals surface area contributed by atoms with E-state index >= 15 is 0 Å². The Labute approximate surface area is 145 Å². The third kappa shape index (κ3) is 3.10. The van der Waals surface area contributed by atoms with E-state index in [4.69, 9.17) is 7.85 Å². The van der Waals surface area contributed by atoms with E-state index in [1.54, 1.807) is 0 Å². The van der Waals surface area contributed by atoms with E-state index in [1.165, 1.54) is 12.1 Å². The summed E-state index contributed by atoms with van der Waals surface area (Å²) in [6, 6.07) is 4.41. The molecule has 2 radical (unpaired) electrons. The summed E-state index contributed by atoms with van der Waals surface area (Å²) in [6.45, 7) is 3.06. The van der Waals surface area contributed by atoms with Crippen LogP contribution in [0.1, 0.15) is 18.4 Å². The summed E-state index contributed by atoms with van der Waals surface area (Å²) in [4.78, 5) is 14.9. The lowest BCUT2D eigenvalue weighted by atomic mass is 9.62. The number of hydrogen-bond donors (Lipinski definition) is 1. The molecule has 1 amide bonds. The Bertz CT molecular complexity index is 697. The average molecular weight is 346 g/mol. The molecule has 1 aromatic rings. The number of alkyl halides is 3. The zero-order valence-corrected chi connectivity index (χ0v) is 13.6. The minimum atomic E-state index is -4.39. The molecule has 1 N–H and O–H groups in total. The van der Waals surface area contributed by atoms with Crippen LogP contribution in [0.25, 0.3) is 0 Å². The highest BCUT2D eigenvalue weighted by Crippen LogP contribution is 2.47. The predicted molar refractivity (Wildman–Crippen MR) is 89.0 cm³/mol. The molecule has 4 bridgehead atoms. The van der Waals surface area contributed by atoms with Gasteiger partial charge in [0.1, 0.15) is 7.85 Å². The van der Waals surface area contributed by atoms with E-state index in [0.29, 0.717) is 23.4 Å². The summed E-state index contributed by atoms with van der Waals surface area (Å²) in [7, 11) is 6.16. The summed E-state index contributed by atoms with van der Waals surface area (Å²) in [5.41, 5.74) is 0.868. The van der Waals surface area contributed by atoms with Crippen LogP contribution in [-0.2, 0) is 11.0 Å². The number of carbonyl (C=O) groups excluding carboxylic acids is 1. The minimum Gasteiger partial charge on any atom is -0.323 e. The lowest BCUT2D eigenvalue weighted by molar-refractivity contribution is -0.137. The maximum atomic E-state index is 12.6. The molecule has 2 unspecified atom stereocenters. The Balaban J connectivity index is 1.51. The van der Waals surface area contributed by atoms with Gasteiger partial charge in [0, 0.05) is 25.3 Å². The van der Waals surface area contributed by atoms with Crippen molar-refractivity contribution in [3.05, 3.63) is 40.9 Å². The number of carbonyl (C=O) groups is 1. The molecule has 7 heteroatoms. The molecule has 130 valence electrons. The zero-order valence-electron chi connectivity index (χ0n) is 13.6. The summed E-state index contributed by atoms with van der Waals surface area (Å²) in [5, 5.41) is 2.63. The Morgan fingerprint density at radius 2 is 1.68 bits per heavy atom. The smallest absolute Gasteiger partial charge is 0.323 e. The third-order valence-electron chi connectivity index (χ3n) is 5.61. The molecule has 1 aliphatic carbocycles. The van der Waals surface area contributed by atoms with Crippen LogP contribution in [0.5, 0.6) is 0 Å². The van der Waals surface area contributed by atoms with Crippen molar-refractivity contribution in [2.75, 3.05) is 25.0 Å². The number of amides is 1. The van der Waals surface area contributed by atoms with Crippen molar-refractivity contribution in [3.8, 4) is 0 Å². The van der Waals surface area contributed by atoms with Crippen molar-refractivity contribution >= 4 is 19.4 Å². The molecular formula is C18H18BF3N2O. The van der Waals surface area contributed by atoms with Crippen LogP contribution in [0.2, 0.25) is 0 Å². The molecule has 1 saturated carbocycles. The van der Waals surface area contributed by atoms with Crippen LogP contribution in [-0.4, -0.2) is 38.3 Å². The van der Waals surface area contributed by atoms with Gasteiger partial charge in [0.15, 0.2) is 0 Å². The topological polar surface area (TPSA) is 32.3 Å². The van der Waals surface area contributed by atoms with Crippen molar-refractivity contribution in [2.45, 2.75) is 19.0 Å². The maximum absolute atomic E-state index is 12.6. The van der Waals surface area contributed by atoms with Crippen LogP contribution in [0, 0.1) is 17.8 Å². The van der Waals surface area contributed by atoms with Gasteiger partial charge in [-0.2, -0.15) is 13.2 Å². The largest absolute Gasteiger partial charge is 0.416 e. The molecule has 25 heavy (non-hydrogen) atoms. The molecule has 2 atom stereocenters. The molecule has 4 aliphatic rings. The van der Waals surface area contributed by atoms with Crippen molar-refractivity contribution in [1.82, 2.24) is 4.90 Å². The van der Waals surface area contributed by atoms with Gasteiger partial charge >= 0.3 is 6.18 Å². The van der Waals surface area contributed by atoms with Gasteiger partial charge in [0.2, 0.25) is 5.91 Å². The monoisotopic (exact) mass is 346 g/mol. The number of piperidine rings is 3. The molecule has 5 rings (SSSR count). The molecule has 0 aromatic heterocycles. The van der Waals surface area contributed by atoms with E-state index in [1.807, 2.05) is 0 Å². The van der Waals surface area contributed by atoms with E-state index in [9.17, 15) is 18.0 Å². The second-order valence-electron chi connectivity index (χ2n) is 7.35. The van der Waals surface area contributed by atoms with Gasteiger partial charge in [-0.3, -0.25) is 4.79 Å². The normalized spacial score (nSPS) is 30.4. The van der Waals surface area contributed by atoms with Gasteiger partial charge in [-0.25, -0.2) is 0 Å². The lowest BCUT2D eigenvalue weighted by Crippen LogP contribution is -2.55. The molecule has 3 nitrogen and oxygen atoms in total. The SMILES string of the molecule is [B]C(C(=O)Nc1ccc(C(F)(F)F)cc1)=C1C2CC3CC1CN(C3)C2. The Morgan fingerprint density at radius 1 is 1.08 bits per heavy atom. The van der Waals surface area contributed by atoms with Crippen molar-refractivity contribution < 1.29 is 18.0 Å². The second kappa shape index (κ2) is 5.90. The van der Waals surface area contributed by atoms with E-state index in [2.05, 4.69) is 10.2 Å². The van der Waals surface area contributed by atoms with Crippen molar-refractivity contribution in [2.24, 2.45) is 17.8 Å².